The lowest BCUT2D eigenvalue weighted by Crippen LogP contribution is -2.20. The van der Waals surface area contributed by atoms with Crippen LogP contribution in [0.4, 0.5) is 5.69 Å². The molecule has 0 bridgehead atoms. The van der Waals surface area contributed by atoms with Gasteiger partial charge in [0.15, 0.2) is 5.82 Å². The molecule has 9 heteroatoms. The number of rotatable bonds is 9. The van der Waals surface area contributed by atoms with Crippen molar-refractivity contribution in [2.45, 2.75) is 24.9 Å². The molecule has 0 saturated carbocycles. The van der Waals surface area contributed by atoms with Crippen molar-refractivity contribution in [2.24, 2.45) is 0 Å². The summed E-state index contributed by atoms with van der Waals surface area (Å²) in [6.07, 6.45) is 2.55. The van der Waals surface area contributed by atoms with Gasteiger partial charge in [0.1, 0.15) is 6.04 Å². The zero-order valence-corrected chi connectivity index (χ0v) is 24.0. The molecule has 2 aromatic heterocycles. The summed E-state index contributed by atoms with van der Waals surface area (Å²) in [4.78, 5) is 7.57. The predicted octanol–water partition coefficient (Wildman–Crippen LogP) is 7.50. The summed E-state index contributed by atoms with van der Waals surface area (Å²) < 4.78 is 3.85. The third kappa shape index (κ3) is 5.79. The molecule has 0 radical (unpaired) electrons. The van der Waals surface area contributed by atoms with Gasteiger partial charge in [0.2, 0.25) is 0 Å². The Balaban J connectivity index is 1.34. The number of fused-ring (bicyclic) bond motifs is 1. The van der Waals surface area contributed by atoms with Gasteiger partial charge in [0.25, 0.3) is 0 Å². The number of aryl methyl sites for hydroxylation is 1. The quantitative estimate of drug-likeness (QED) is 0.171. The average Bonchev–Trinajstić information content (AvgIpc) is 3.62. The number of halogens is 2. The number of tetrazole rings is 1. The molecule has 6 aromatic rings. The third-order valence-corrected chi connectivity index (χ3v) is 7.72. The SMILES string of the molecule is Brc1cc(Br)cc(C(Nc2ccc3[nH]cnc3c2)c2nnnn2CCC(c2ccccc2)c2ccccc2)c1. The number of H-pyrrole nitrogens is 1. The molecule has 0 saturated heterocycles. The van der Waals surface area contributed by atoms with Gasteiger partial charge < -0.3 is 10.3 Å². The van der Waals surface area contributed by atoms with E-state index < -0.39 is 0 Å². The van der Waals surface area contributed by atoms with E-state index in [4.69, 9.17) is 0 Å². The Morgan fingerprint density at radius 3 is 2.18 bits per heavy atom. The number of benzene rings is 4. The van der Waals surface area contributed by atoms with E-state index in [0.717, 1.165) is 43.5 Å². The first-order valence-electron chi connectivity index (χ1n) is 12.7. The number of imidazole rings is 1. The minimum absolute atomic E-state index is 0.220. The van der Waals surface area contributed by atoms with Crippen LogP contribution in [0.3, 0.4) is 0 Å². The Bertz CT molecular complexity index is 1620. The first-order valence-corrected chi connectivity index (χ1v) is 14.2. The van der Waals surface area contributed by atoms with E-state index in [1.54, 1.807) is 6.33 Å². The van der Waals surface area contributed by atoms with Gasteiger partial charge in [-0.3, -0.25) is 0 Å². The van der Waals surface area contributed by atoms with E-state index in [2.05, 4.69) is 135 Å². The van der Waals surface area contributed by atoms with Crippen molar-refractivity contribution >= 4 is 48.6 Å². The Hall–Kier alpha value is -3.82. The van der Waals surface area contributed by atoms with Crippen LogP contribution in [0.2, 0.25) is 0 Å². The van der Waals surface area contributed by atoms with Gasteiger partial charge in [0.05, 0.1) is 17.4 Å². The molecular formula is C30H25Br2N7. The summed E-state index contributed by atoms with van der Waals surface area (Å²) in [5.74, 6) is 0.958. The highest BCUT2D eigenvalue weighted by Gasteiger charge is 2.24. The fourth-order valence-corrected chi connectivity index (χ4v) is 6.28. The summed E-state index contributed by atoms with van der Waals surface area (Å²) in [7, 11) is 0. The fourth-order valence-electron chi connectivity index (χ4n) is 4.95. The second-order valence-corrected chi connectivity index (χ2v) is 11.2. The molecule has 0 aliphatic carbocycles. The van der Waals surface area contributed by atoms with Gasteiger partial charge in [-0.1, -0.05) is 92.5 Å². The van der Waals surface area contributed by atoms with E-state index in [1.807, 2.05) is 28.9 Å². The molecular weight excluding hydrogens is 618 g/mol. The summed E-state index contributed by atoms with van der Waals surface area (Å²) >= 11 is 7.29. The Morgan fingerprint density at radius 2 is 1.49 bits per heavy atom. The van der Waals surface area contributed by atoms with Crippen LogP contribution >= 0.6 is 31.9 Å². The zero-order chi connectivity index (χ0) is 26.6. The van der Waals surface area contributed by atoms with Crippen LogP contribution in [0, 0.1) is 0 Å². The lowest BCUT2D eigenvalue weighted by molar-refractivity contribution is 0.510. The Kier molecular flexibility index (Phi) is 7.51. The number of hydrogen-bond donors (Lipinski definition) is 2. The zero-order valence-electron chi connectivity index (χ0n) is 20.9. The highest BCUT2D eigenvalue weighted by Crippen LogP contribution is 2.32. The standard InChI is InChI=1S/C30H25Br2N7/c31-23-15-22(16-24(32)17-23)29(35-25-11-12-27-28(18-25)34-19-33-27)30-36-37-38-39(30)14-13-26(20-7-3-1-4-8-20)21-9-5-2-6-10-21/h1-12,15-19,26,29,35H,13-14H2,(H,33,34). The molecule has 1 atom stereocenters. The van der Waals surface area contributed by atoms with Gasteiger partial charge in [0, 0.05) is 27.1 Å². The maximum atomic E-state index is 4.51. The molecule has 0 fully saturated rings. The summed E-state index contributed by atoms with van der Waals surface area (Å²) in [6, 6.07) is 33.2. The van der Waals surface area contributed by atoms with Crippen LogP contribution in [0.5, 0.6) is 0 Å². The van der Waals surface area contributed by atoms with Crippen LogP contribution in [0.1, 0.15) is 40.9 Å². The molecule has 0 aliphatic heterocycles. The van der Waals surface area contributed by atoms with Crippen LogP contribution in [0.15, 0.2) is 112 Å². The second-order valence-electron chi connectivity index (χ2n) is 9.34. The third-order valence-electron chi connectivity index (χ3n) is 6.80. The fraction of sp³-hybridized carbons (Fsp3) is 0.133. The smallest absolute Gasteiger partial charge is 0.178 e. The van der Waals surface area contributed by atoms with E-state index in [0.29, 0.717) is 6.54 Å². The molecule has 0 amide bonds. The number of anilines is 1. The van der Waals surface area contributed by atoms with Crippen molar-refractivity contribution in [3.63, 3.8) is 0 Å². The van der Waals surface area contributed by atoms with Crippen LogP contribution in [-0.4, -0.2) is 30.2 Å². The van der Waals surface area contributed by atoms with E-state index >= 15 is 0 Å². The summed E-state index contributed by atoms with van der Waals surface area (Å²) in [5.41, 5.74) is 6.38. The first-order chi connectivity index (χ1) is 19.1. The average molecular weight is 643 g/mol. The molecule has 1 unspecified atom stereocenters. The lowest BCUT2D eigenvalue weighted by Gasteiger charge is -2.22. The number of nitrogens with one attached hydrogen (secondary N) is 2. The molecule has 194 valence electrons. The predicted molar refractivity (Wildman–Crippen MR) is 161 cm³/mol. The monoisotopic (exact) mass is 641 g/mol. The molecule has 4 aromatic carbocycles. The van der Waals surface area contributed by atoms with Crippen molar-refractivity contribution in [3.05, 3.63) is 135 Å². The van der Waals surface area contributed by atoms with Gasteiger partial charge in [-0.2, -0.15) is 0 Å². The topological polar surface area (TPSA) is 84.3 Å². The number of aromatic nitrogens is 6. The number of nitrogens with zero attached hydrogens (tertiary/aromatic N) is 5. The largest absolute Gasteiger partial charge is 0.371 e. The second kappa shape index (κ2) is 11.5. The number of hydrogen-bond acceptors (Lipinski definition) is 5. The van der Waals surface area contributed by atoms with Gasteiger partial charge in [-0.15, -0.1) is 5.10 Å². The maximum Gasteiger partial charge on any atom is 0.178 e. The van der Waals surface area contributed by atoms with Crippen LogP contribution in [-0.2, 0) is 6.54 Å². The molecule has 2 heterocycles. The highest BCUT2D eigenvalue weighted by molar-refractivity contribution is 9.11. The van der Waals surface area contributed by atoms with E-state index in [1.165, 1.54) is 11.1 Å². The molecule has 7 nitrogen and oxygen atoms in total. The van der Waals surface area contributed by atoms with Crippen LogP contribution in [0.25, 0.3) is 11.0 Å². The van der Waals surface area contributed by atoms with Gasteiger partial charge >= 0.3 is 0 Å². The van der Waals surface area contributed by atoms with Crippen molar-refractivity contribution in [1.29, 1.82) is 0 Å². The van der Waals surface area contributed by atoms with Crippen molar-refractivity contribution in [2.75, 3.05) is 5.32 Å². The maximum absolute atomic E-state index is 4.51. The van der Waals surface area contributed by atoms with Crippen molar-refractivity contribution in [1.82, 2.24) is 30.2 Å². The molecule has 0 spiro atoms. The van der Waals surface area contributed by atoms with E-state index in [9.17, 15) is 0 Å². The normalized spacial score (nSPS) is 12.2. The highest BCUT2D eigenvalue weighted by atomic mass is 79.9. The summed E-state index contributed by atoms with van der Waals surface area (Å²) in [6.45, 7) is 0.655. The van der Waals surface area contributed by atoms with Gasteiger partial charge in [-0.05, 0) is 69.9 Å². The van der Waals surface area contributed by atoms with Crippen molar-refractivity contribution < 1.29 is 0 Å². The number of aromatic amines is 1. The van der Waals surface area contributed by atoms with E-state index in [-0.39, 0.29) is 12.0 Å². The van der Waals surface area contributed by atoms with Crippen LogP contribution < -0.4 is 5.32 Å². The minimum Gasteiger partial charge on any atom is -0.371 e. The minimum atomic E-state index is -0.294. The Morgan fingerprint density at radius 1 is 0.795 bits per heavy atom. The van der Waals surface area contributed by atoms with Crippen molar-refractivity contribution in [3.8, 4) is 0 Å². The lowest BCUT2D eigenvalue weighted by atomic mass is 9.88. The molecule has 0 aliphatic rings. The summed E-state index contributed by atoms with van der Waals surface area (Å²) in [5, 5.41) is 16.7. The molecule has 39 heavy (non-hydrogen) atoms. The molecule has 2 N–H and O–H groups in total. The first kappa shape index (κ1) is 25.5. The Labute approximate surface area is 242 Å². The molecule has 6 rings (SSSR count). The van der Waals surface area contributed by atoms with Gasteiger partial charge in [-0.25, -0.2) is 9.67 Å².